The first-order chi connectivity index (χ1) is 8.02. The lowest BCUT2D eigenvalue weighted by Crippen LogP contribution is -2.14. The van der Waals surface area contributed by atoms with Gasteiger partial charge in [-0.3, -0.25) is 0 Å². The van der Waals surface area contributed by atoms with Gasteiger partial charge >= 0.3 is 5.97 Å². The van der Waals surface area contributed by atoms with Crippen molar-refractivity contribution in [3.63, 3.8) is 0 Å². The number of carbonyl (C=O) groups is 1. The second-order valence-corrected chi connectivity index (χ2v) is 3.67. The zero-order valence-electron chi connectivity index (χ0n) is 9.04. The molecule has 1 aromatic heterocycles. The van der Waals surface area contributed by atoms with Crippen molar-refractivity contribution in [2.24, 2.45) is 0 Å². The maximum absolute atomic E-state index is 12.9. The van der Waals surface area contributed by atoms with Crippen LogP contribution >= 0.6 is 15.9 Å². The van der Waals surface area contributed by atoms with Crippen LogP contribution in [0.1, 0.15) is 34.8 Å². The molecule has 2 N–H and O–H groups in total. The van der Waals surface area contributed by atoms with Crippen molar-refractivity contribution < 1.29 is 18.3 Å². The predicted molar refractivity (Wildman–Crippen MR) is 62.2 cm³/mol. The van der Waals surface area contributed by atoms with E-state index in [1.165, 1.54) is 6.20 Å². The van der Waals surface area contributed by atoms with Crippen LogP contribution in [0.2, 0.25) is 0 Å². The van der Waals surface area contributed by atoms with Gasteiger partial charge in [0.1, 0.15) is 5.82 Å². The van der Waals surface area contributed by atoms with Gasteiger partial charge in [-0.25, -0.2) is 18.6 Å². The number of nitrogens with two attached hydrogens (primary N) is 1. The Morgan fingerprint density at radius 1 is 1.65 bits per heavy atom. The Labute approximate surface area is 105 Å². The van der Waals surface area contributed by atoms with Crippen LogP contribution in [0, 0.1) is 0 Å². The van der Waals surface area contributed by atoms with Crippen LogP contribution in [-0.2, 0) is 10.1 Å². The summed E-state index contributed by atoms with van der Waals surface area (Å²) in [6.07, 6.45) is -1.59. The van der Waals surface area contributed by atoms with Gasteiger partial charge in [0, 0.05) is 11.5 Å². The average Bonchev–Trinajstić information content (AvgIpc) is 2.28. The highest BCUT2D eigenvalue weighted by Gasteiger charge is 2.26. The molecule has 0 unspecified atom stereocenters. The molecule has 0 atom stereocenters. The Hall–Kier alpha value is -1.24. The Balaban J connectivity index is 3.40. The fourth-order valence-electron chi connectivity index (χ4n) is 1.35. The van der Waals surface area contributed by atoms with Gasteiger partial charge in [-0.2, -0.15) is 0 Å². The van der Waals surface area contributed by atoms with E-state index in [9.17, 15) is 13.6 Å². The van der Waals surface area contributed by atoms with Crippen LogP contribution in [0.4, 0.5) is 14.6 Å². The fraction of sp³-hybridized carbons (Fsp3) is 0.400. The number of esters is 1. The highest BCUT2D eigenvalue weighted by Crippen LogP contribution is 2.30. The molecule has 0 radical (unpaired) electrons. The van der Waals surface area contributed by atoms with E-state index in [0.717, 1.165) is 0 Å². The average molecular weight is 309 g/mol. The number of halogens is 3. The number of aromatic nitrogens is 1. The van der Waals surface area contributed by atoms with Gasteiger partial charge in [-0.05, 0) is 12.5 Å². The zero-order chi connectivity index (χ0) is 13.0. The third kappa shape index (κ3) is 2.91. The number of pyridine rings is 1. The van der Waals surface area contributed by atoms with E-state index < -0.39 is 18.0 Å². The number of anilines is 1. The summed E-state index contributed by atoms with van der Waals surface area (Å²) in [4.78, 5) is 15.3. The first-order valence-electron chi connectivity index (χ1n) is 4.81. The molecule has 0 aliphatic rings. The van der Waals surface area contributed by atoms with Crippen LogP contribution in [0.5, 0.6) is 0 Å². The van der Waals surface area contributed by atoms with Gasteiger partial charge in [-0.15, -0.1) is 0 Å². The second-order valence-electron chi connectivity index (χ2n) is 3.11. The Morgan fingerprint density at radius 3 is 2.76 bits per heavy atom. The van der Waals surface area contributed by atoms with Gasteiger partial charge in [0.15, 0.2) is 0 Å². The standard InChI is InChI=1S/C10H11BrF2N2O2/c1-2-17-10(16)6-5(3-11)4-15-9(14)7(6)8(12)13/h4,8H,2-3H2,1H3,(H2,14,15). The Bertz CT molecular complexity index is 427. The smallest absolute Gasteiger partial charge is 0.339 e. The molecule has 1 aromatic rings. The lowest BCUT2D eigenvalue weighted by molar-refractivity contribution is 0.0514. The number of rotatable bonds is 4. The summed E-state index contributed by atoms with van der Waals surface area (Å²) in [5, 5.41) is 0.216. The number of ether oxygens (including phenoxy) is 1. The largest absolute Gasteiger partial charge is 0.462 e. The molecule has 0 aliphatic carbocycles. The summed E-state index contributed by atoms with van der Waals surface area (Å²) < 4.78 is 30.5. The van der Waals surface area contributed by atoms with Crippen molar-refractivity contribution in [2.45, 2.75) is 18.7 Å². The van der Waals surface area contributed by atoms with E-state index in [2.05, 4.69) is 20.9 Å². The van der Waals surface area contributed by atoms with Crippen LogP contribution in [0.3, 0.4) is 0 Å². The monoisotopic (exact) mass is 308 g/mol. The lowest BCUT2D eigenvalue weighted by atomic mass is 10.0. The molecule has 0 saturated carbocycles. The van der Waals surface area contributed by atoms with E-state index in [1.54, 1.807) is 6.92 Å². The normalized spacial score (nSPS) is 10.6. The third-order valence-electron chi connectivity index (χ3n) is 2.07. The number of hydrogen-bond acceptors (Lipinski definition) is 4. The molecule has 1 rings (SSSR count). The van der Waals surface area contributed by atoms with Crippen molar-refractivity contribution in [3.05, 3.63) is 22.9 Å². The van der Waals surface area contributed by atoms with E-state index in [4.69, 9.17) is 10.5 Å². The summed E-state index contributed by atoms with van der Waals surface area (Å²) >= 11 is 3.10. The summed E-state index contributed by atoms with van der Waals surface area (Å²) in [6, 6.07) is 0. The van der Waals surface area contributed by atoms with Gasteiger partial charge in [-0.1, -0.05) is 15.9 Å². The minimum absolute atomic E-state index is 0.103. The molecule has 0 saturated heterocycles. The SMILES string of the molecule is CCOC(=O)c1c(CBr)cnc(N)c1C(F)F. The van der Waals surface area contributed by atoms with Gasteiger partial charge < -0.3 is 10.5 Å². The molecule has 17 heavy (non-hydrogen) atoms. The maximum atomic E-state index is 12.9. The molecule has 4 nitrogen and oxygen atoms in total. The van der Waals surface area contributed by atoms with E-state index >= 15 is 0 Å². The quantitative estimate of drug-likeness (QED) is 0.686. The Kier molecular flexibility index (Phi) is 4.80. The first-order valence-corrected chi connectivity index (χ1v) is 5.93. The van der Waals surface area contributed by atoms with Crippen LogP contribution in [-0.4, -0.2) is 17.6 Å². The molecule has 1 heterocycles. The molecular weight excluding hydrogens is 298 g/mol. The molecule has 0 aliphatic heterocycles. The van der Waals surface area contributed by atoms with Gasteiger partial charge in [0.25, 0.3) is 6.43 Å². The van der Waals surface area contributed by atoms with Crippen LogP contribution in [0.25, 0.3) is 0 Å². The van der Waals surface area contributed by atoms with E-state index in [1.807, 2.05) is 0 Å². The minimum Gasteiger partial charge on any atom is -0.462 e. The van der Waals surface area contributed by atoms with Crippen LogP contribution in [0.15, 0.2) is 6.20 Å². The van der Waals surface area contributed by atoms with Crippen molar-refractivity contribution in [1.29, 1.82) is 0 Å². The lowest BCUT2D eigenvalue weighted by Gasteiger charge is -2.13. The number of carbonyl (C=O) groups excluding carboxylic acids is 1. The van der Waals surface area contributed by atoms with E-state index in [-0.39, 0.29) is 23.3 Å². The fourth-order valence-corrected chi connectivity index (χ4v) is 1.77. The third-order valence-corrected chi connectivity index (χ3v) is 2.67. The highest BCUT2D eigenvalue weighted by atomic mass is 79.9. The molecule has 94 valence electrons. The highest BCUT2D eigenvalue weighted by molar-refractivity contribution is 9.08. The molecular formula is C10H11BrF2N2O2. The Morgan fingerprint density at radius 2 is 2.29 bits per heavy atom. The van der Waals surface area contributed by atoms with Gasteiger partial charge in [0.2, 0.25) is 0 Å². The number of nitrogen functional groups attached to an aromatic ring is 1. The second kappa shape index (κ2) is 5.90. The predicted octanol–water partition coefficient (Wildman–Crippen LogP) is 2.67. The topological polar surface area (TPSA) is 65.2 Å². The van der Waals surface area contributed by atoms with Crippen molar-refractivity contribution in [2.75, 3.05) is 12.3 Å². The molecule has 7 heteroatoms. The molecule has 0 bridgehead atoms. The minimum atomic E-state index is -2.87. The van der Waals surface area contributed by atoms with Gasteiger partial charge in [0.05, 0.1) is 17.7 Å². The first kappa shape index (κ1) is 13.8. The number of alkyl halides is 3. The summed E-state index contributed by atoms with van der Waals surface area (Å²) in [7, 11) is 0. The summed E-state index contributed by atoms with van der Waals surface area (Å²) in [6.45, 7) is 1.70. The summed E-state index contributed by atoms with van der Waals surface area (Å²) in [5.41, 5.74) is 4.92. The molecule has 0 spiro atoms. The van der Waals surface area contributed by atoms with E-state index in [0.29, 0.717) is 5.56 Å². The van der Waals surface area contributed by atoms with Crippen LogP contribution < -0.4 is 5.73 Å². The zero-order valence-corrected chi connectivity index (χ0v) is 10.6. The van der Waals surface area contributed by atoms with Crippen molar-refractivity contribution in [3.8, 4) is 0 Å². The number of nitrogens with zero attached hydrogens (tertiary/aromatic N) is 1. The van der Waals surface area contributed by atoms with Crippen molar-refractivity contribution in [1.82, 2.24) is 4.98 Å². The molecule has 0 fully saturated rings. The molecule has 0 aromatic carbocycles. The van der Waals surface area contributed by atoms with Crippen molar-refractivity contribution >= 4 is 27.7 Å². The molecule has 0 amide bonds. The maximum Gasteiger partial charge on any atom is 0.339 e. The number of hydrogen-bond donors (Lipinski definition) is 1. The summed E-state index contributed by atoms with van der Waals surface area (Å²) in [5.74, 6) is -1.17.